The van der Waals surface area contributed by atoms with Crippen molar-refractivity contribution in [2.75, 3.05) is 17.2 Å². The number of nitrogens with zero attached hydrogens (tertiary/aromatic N) is 2. The van der Waals surface area contributed by atoms with Gasteiger partial charge in [0.05, 0.1) is 28.5 Å². The van der Waals surface area contributed by atoms with E-state index in [4.69, 9.17) is 27.6 Å². The van der Waals surface area contributed by atoms with Crippen LogP contribution in [0.2, 0.25) is 10.0 Å². The molecule has 144 valence electrons. The van der Waals surface area contributed by atoms with Crippen molar-refractivity contribution in [3.8, 4) is 0 Å². The average Bonchev–Trinajstić information content (AvgIpc) is 3.33. The zero-order chi connectivity index (χ0) is 19.7. The Kier molecular flexibility index (Phi) is 5.25. The summed E-state index contributed by atoms with van der Waals surface area (Å²) in [4.78, 5) is 31.7. The Morgan fingerprint density at radius 3 is 2.79 bits per heavy atom. The highest BCUT2D eigenvalue weighted by Gasteiger charge is 2.25. The zero-order valence-electron chi connectivity index (χ0n) is 14.4. The monoisotopic (exact) mass is 436 g/mol. The number of amides is 3. The number of hydrogen-bond donors (Lipinski definition) is 2. The number of hydrogen-bond acceptors (Lipinski definition) is 5. The second kappa shape index (κ2) is 7.83. The van der Waals surface area contributed by atoms with Crippen molar-refractivity contribution in [3.05, 3.63) is 63.0 Å². The first-order chi connectivity index (χ1) is 13.5. The van der Waals surface area contributed by atoms with Crippen LogP contribution in [0.25, 0.3) is 0 Å². The third-order valence-electron chi connectivity index (χ3n) is 4.15. The summed E-state index contributed by atoms with van der Waals surface area (Å²) in [5, 5.41) is 6.83. The zero-order valence-corrected chi connectivity index (χ0v) is 16.7. The molecule has 28 heavy (non-hydrogen) atoms. The van der Waals surface area contributed by atoms with Crippen molar-refractivity contribution < 1.29 is 14.0 Å². The van der Waals surface area contributed by atoms with Crippen LogP contribution in [0.5, 0.6) is 0 Å². The number of aromatic nitrogens is 1. The van der Waals surface area contributed by atoms with E-state index < -0.39 is 0 Å². The third-order valence-corrected chi connectivity index (χ3v) is 5.89. The summed E-state index contributed by atoms with van der Waals surface area (Å²) in [6.45, 7) is 0.937. The van der Waals surface area contributed by atoms with Gasteiger partial charge in [0.25, 0.3) is 5.91 Å². The topological polar surface area (TPSA) is 87.5 Å². The van der Waals surface area contributed by atoms with Gasteiger partial charge in [-0.15, -0.1) is 0 Å². The van der Waals surface area contributed by atoms with Crippen molar-refractivity contribution in [3.63, 3.8) is 0 Å². The van der Waals surface area contributed by atoms with Gasteiger partial charge in [0.2, 0.25) is 0 Å². The maximum Gasteiger partial charge on any atom is 0.322 e. The lowest BCUT2D eigenvalue weighted by molar-refractivity contribution is 0.0996. The fraction of sp³-hybridized carbons (Fsp3) is 0.167. The molecule has 0 saturated heterocycles. The maximum atomic E-state index is 12.6. The SMILES string of the molecule is O=C(Nc1nc2c(s1)CN(C(=O)Nc1ccc(Cl)c(Cl)c1)CC2)c1ccco1. The molecule has 0 radical (unpaired) electrons. The Bertz CT molecular complexity index is 1040. The molecule has 1 aliphatic rings. The molecule has 7 nitrogen and oxygen atoms in total. The summed E-state index contributed by atoms with van der Waals surface area (Å²) in [6.07, 6.45) is 2.05. The van der Waals surface area contributed by atoms with Gasteiger partial charge >= 0.3 is 6.03 Å². The summed E-state index contributed by atoms with van der Waals surface area (Å²) in [5.41, 5.74) is 1.46. The van der Waals surface area contributed by atoms with Crippen molar-refractivity contribution >= 4 is 57.3 Å². The Hall–Kier alpha value is -2.55. The Morgan fingerprint density at radius 2 is 2.04 bits per heavy atom. The molecule has 0 saturated carbocycles. The van der Waals surface area contributed by atoms with E-state index in [1.807, 2.05) is 0 Å². The Balaban J connectivity index is 1.41. The van der Waals surface area contributed by atoms with Gasteiger partial charge in [-0.1, -0.05) is 34.5 Å². The van der Waals surface area contributed by atoms with E-state index in [0.29, 0.717) is 40.4 Å². The average molecular weight is 437 g/mol. The van der Waals surface area contributed by atoms with Gasteiger partial charge in [-0.2, -0.15) is 0 Å². The van der Waals surface area contributed by atoms with Crippen molar-refractivity contribution in [1.29, 1.82) is 0 Å². The first-order valence-electron chi connectivity index (χ1n) is 8.34. The highest BCUT2D eigenvalue weighted by atomic mass is 35.5. The van der Waals surface area contributed by atoms with Crippen molar-refractivity contribution in [1.82, 2.24) is 9.88 Å². The standard InChI is InChI=1S/C18H14Cl2N4O3S/c19-11-4-3-10(8-12(11)20)21-18(26)24-6-5-13-15(9-24)28-17(22-13)23-16(25)14-2-1-7-27-14/h1-4,7-8H,5-6,9H2,(H,21,26)(H,22,23,25). The number of furan rings is 1. The van der Waals surface area contributed by atoms with E-state index in [-0.39, 0.29) is 17.7 Å². The van der Waals surface area contributed by atoms with Gasteiger partial charge in [0, 0.05) is 23.5 Å². The first kappa shape index (κ1) is 18.8. The Morgan fingerprint density at radius 1 is 1.18 bits per heavy atom. The van der Waals surface area contributed by atoms with Gasteiger partial charge in [0.15, 0.2) is 10.9 Å². The lowest BCUT2D eigenvalue weighted by Gasteiger charge is -2.26. The van der Waals surface area contributed by atoms with Crippen LogP contribution >= 0.6 is 34.5 Å². The summed E-state index contributed by atoms with van der Waals surface area (Å²) >= 11 is 13.2. The highest BCUT2D eigenvalue weighted by molar-refractivity contribution is 7.15. The van der Waals surface area contributed by atoms with Gasteiger partial charge in [0.1, 0.15) is 0 Å². The van der Waals surface area contributed by atoms with Crippen LogP contribution in [0.3, 0.4) is 0 Å². The molecule has 2 N–H and O–H groups in total. The number of anilines is 2. The highest BCUT2D eigenvalue weighted by Crippen LogP contribution is 2.30. The molecular weight excluding hydrogens is 423 g/mol. The molecule has 0 aliphatic carbocycles. The van der Waals surface area contributed by atoms with E-state index in [1.54, 1.807) is 35.2 Å². The molecule has 0 bridgehead atoms. The number of carbonyl (C=O) groups excluding carboxylic acids is 2. The molecule has 1 aliphatic heterocycles. The van der Waals surface area contributed by atoms with Crippen molar-refractivity contribution in [2.24, 2.45) is 0 Å². The molecule has 3 aromatic rings. The Labute approximate surface area is 174 Å². The van der Waals surface area contributed by atoms with Crippen LogP contribution in [0.15, 0.2) is 41.0 Å². The largest absolute Gasteiger partial charge is 0.459 e. The van der Waals surface area contributed by atoms with Crippen LogP contribution in [0.1, 0.15) is 21.1 Å². The number of urea groups is 1. The number of nitrogens with one attached hydrogen (secondary N) is 2. The van der Waals surface area contributed by atoms with Crippen LogP contribution < -0.4 is 10.6 Å². The molecule has 1 aromatic carbocycles. The minimum Gasteiger partial charge on any atom is -0.459 e. The second-order valence-corrected chi connectivity index (χ2v) is 7.95. The molecule has 3 amide bonds. The molecule has 0 spiro atoms. The minimum absolute atomic E-state index is 0.218. The van der Waals surface area contributed by atoms with E-state index in [2.05, 4.69) is 15.6 Å². The van der Waals surface area contributed by atoms with E-state index in [1.165, 1.54) is 17.6 Å². The number of halogens is 2. The van der Waals surface area contributed by atoms with E-state index in [0.717, 1.165) is 10.6 Å². The molecule has 0 fully saturated rings. The number of benzene rings is 1. The summed E-state index contributed by atoms with van der Waals surface area (Å²) in [6, 6.07) is 7.91. The van der Waals surface area contributed by atoms with Crippen LogP contribution in [0, 0.1) is 0 Å². The molecule has 0 atom stereocenters. The molecule has 4 rings (SSSR count). The van der Waals surface area contributed by atoms with Gasteiger partial charge in [-0.05, 0) is 30.3 Å². The predicted molar refractivity (Wildman–Crippen MR) is 108 cm³/mol. The summed E-state index contributed by atoms with van der Waals surface area (Å²) in [5.74, 6) is -0.138. The van der Waals surface area contributed by atoms with Crippen LogP contribution in [0.4, 0.5) is 15.6 Å². The summed E-state index contributed by atoms with van der Waals surface area (Å²) < 4.78 is 5.08. The summed E-state index contributed by atoms with van der Waals surface area (Å²) in [7, 11) is 0. The molecule has 0 unspecified atom stereocenters. The molecular formula is C18H14Cl2N4O3S. The van der Waals surface area contributed by atoms with Crippen LogP contribution in [-0.2, 0) is 13.0 Å². The van der Waals surface area contributed by atoms with Gasteiger partial charge in [-0.25, -0.2) is 9.78 Å². The number of rotatable bonds is 3. The van der Waals surface area contributed by atoms with Crippen LogP contribution in [-0.4, -0.2) is 28.4 Å². The number of thiazole rings is 1. The number of fused-ring (bicyclic) bond motifs is 1. The van der Waals surface area contributed by atoms with Gasteiger partial charge in [-0.3, -0.25) is 10.1 Å². The maximum absolute atomic E-state index is 12.6. The fourth-order valence-corrected chi connectivity index (χ4v) is 4.08. The first-order valence-corrected chi connectivity index (χ1v) is 9.91. The van der Waals surface area contributed by atoms with E-state index in [9.17, 15) is 9.59 Å². The third kappa shape index (κ3) is 3.99. The normalized spacial score (nSPS) is 13.1. The van der Waals surface area contributed by atoms with E-state index >= 15 is 0 Å². The molecule has 10 heteroatoms. The van der Waals surface area contributed by atoms with Crippen molar-refractivity contribution in [2.45, 2.75) is 13.0 Å². The molecule has 2 aromatic heterocycles. The predicted octanol–water partition coefficient (Wildman–Crippen LogP) is 4.89. The lowest BCUT2D eigenvalue weighted by Crippen LogP contribution is -2.38. The minimum atomic E-state index is -0.356. The second-order valence-electron chi connectivity index (χ2n) is 6.05. The fourth-order valence-electron chi connectivity index (χ4n) is 2.77. The molecule has 3 heterocycles. The number of carbonyl (C=O) groups is 2. The van der Waals surface area contributed by atoms with Gasteiger partial charge < -0.3 is 14.6 Å². The smallest absolute Gasteiger partial charge is 0.322 e. The quantitative estimate of drug-likeness (QED) is 0.611. The lowest BCUT2D eigenvalue weighted by atomic mass is 10.2.